The zero-order chi connectivity index (χ0) is 24.5. The van der Waals surface area contributed by atoms with Crippen LogP contribution in [0.25, 0.3) is 43.6 Å². The molecule has 5 rings (SSSR count). The van der Waals surface area contributed by atoms with Crippen LogP contribution in [0.1, 0.15) is 46.5 Å². The third-order valence-electron chi connectivity index (χ3n) is 7.12. The topological polar surface area (TPSA) is 58.1 Å². The Morgan fingerprint density at radius 1 is 0.714 bits per heavy atom. The summed E-state index contributed by atoms with van der Waals surface area (Å²) in [6.45, 7) is 9.21. The number of hydrogen-bond donors (Lipinski definition) is 1. The summed E-state index contributed by atoms with van der Waals surface area (Å²) in [5.41, 5.74) is 4.32. The summed E-state index contributed by atoms with van der Waals surface area (Å²) >= 11 is 0. The van der Waals surface area contributed by atoms with E-state index in [9.17, 15) is 9.59 Å². The fourth-order valence-corrected chi connectivity index (χ4v) is 5.19. The predicted molar refractivity (Wildman–Crippen MR) is 149 cm³/mol. The second-order valence-corrected chi connectivity index (χ2v) is 9.38. The van der Waals surface area contributed by atoms with Gasteiger partial charge < -0.3 is 14.5 Å². The van der Waals surface area contributed by atoms with Crippen molar-refractivity contribution in [3.8, 4) is 0 Å². The van der Waals surface area contributed by atoms with Crippen LogP contribution in [0.2, 0.25) is 0 Å². The molecule has 2 heterocycles. The minimum Gasteiger partial charge on any atom is -0.372 e. The molecule has 0 aliphatic rings. The van der Waals surface area contributed by atoms with Crippen molar-refractivity contribution in [3.05, 3.63) is 75.0 Å². The number of H-pyrrole nitrogens is 1. The molecule has 0 fully saturated rings. The highest BCUT2D eigenvalue weighted by Gasteiger charge is 2.16. The summed E-state index contributed by atoms with van der Waals surface area (Å²) in [4.78, 5) is 32.9. The van der Waals surface area contributed by atoms with Crippen LogP contribution in [0, 0.1) is 0 Å². The molecule has 0 spiro atoms. The number of fused-ring (bicyclic) bond motifs is 4. The number of pyridine rings is 2. The van der Waals surface area contributed by atoms with Gasteiger partial charge >= 0.3 is 0 Å². The van der Waals surface area contributed by atoms with E-state index in [2.05, 4.69) is 53.4 Å². The minimum atomic E-state index is -0.00992. The number of unbranched alkanes of at least 4 members (excludes halogenated alkanes) is 2. The van der Waals surface area contributed by atoms with Gasteiger partial charge in [-0.1, -0.05) is 38.8 Å². The van der Waals surface area contributed by atoms with Crippen molar-refractivity contribution in [1.29, 1.82) is 0 Å². The highest BCUT2D eigenvalue weighted by atomic mass is 16.1. The van der Waals surface area contributed by atoms with Crippen LogP contribution in [0.5, 0.6) is 0 Å². The Bertz CT molecular complexity index is 1650. The van der Waals surface area contributed by atoms with Gasteiger partial charge in [0.1, 0.15) is 0 Å². The van der Waals surface area contributed by atoms with Gasteiger partial charge in [-0.3, -0.25) is 9.59 Å². The number of benzene rings is 3. The molecule has 0 atom stereocenters. The largest absolute Gasteiger partial charge is 0.372 e. The van der Waals surface area contributed by atoms with E-state index in [0.717, 1.165) is 66.4 Å². The summed E-state index contributed by atoms with van der Waals surface area (Å²) in [6.07, 6.45) is 4.55. The van der Waals surface area contributed by atoms with Crippen LogP contribution >= 0.6 is 0 Å². The molecule has 5 nitrogen and oxygen atoms in total. The van der Waals surface area contributed by atoms with Crippen molar-refractivity contribution < 1.29 is 0 Å². The van der Waals surface area contributed by atoms with E-state index >= 15 is 0 Å². The number of rotatable bonds is 8. The average molecular weight is 468 g/mol. The summed E-state index contributed by atoms with van der Waals surface area (Å²) in [5, 5.41) is 2.65. The molecule has 35 heavy (non-hydrogen) atoms. The lowest BCUT2D eigenvalue weighted by molar-refractivity contribution is 0.678. The predicted octanol–water partition coefficient (Wildman–Crippen LogP) is 6.58. The van der Waals surface area contributed by atoms with Crippen LogP contribution in [0.15, 0.2) is 64.2 Å². The molecule has 5 heteroatoms. The molecule has 0 radical (unpaired) electrons. The molecular formula is C30H33N3O2. The molecule has 0 saturated carbocycles. The first-order valence-corrected chi connectivity index (χ1v) is 12.9. The summed E-state index contributed by atoms with van der Waals surface area (Å²) < 4.78 is 2.16. The maximum atomic E-state index is 13.8. The smallest absolute Gasteiger partial charge is 0.197 e. The Hall–Kier alpha value is -3.60. The Balaban J connectivity index is 1.78. The number of nitrogens with one attached hydrogen (secondary N) is 1. The van der Waals surface area contributed by atoms with E-state index in [1.165, 1.54) is 0 Å². The van der Waals surface area contributed by atoms with Crippen LogP contribution < -0.4 is 15.8 Å². The van der Waals surface area contributed by atoms with Gasteiger partial charge in [-0.2, -0.15) is 0 Å². The third kappa shape index (κ3) is 3.99. The Kier molecular flexibility index (Phi) is 6.33. The number of aromatic amines is 1. The molecule has 2 aromatic heterocycles. The van der Waals surface area contributed by atoms with Crippen LogP contribution in [0.4, 0.5) is 5.69 Å². The molecule has 0 aliphatic heterocycles. The van der Waals surface area contributed by atoms with E-state index in [1.54, 1.807) is 0 Å². The molecule has 180 valence electrons. The first-order valence-electron chi connectivity index (χ1n) is 12.9. The molecule has 1 N–H and O–H groups in total. The lowest BCUT2D eigenvalue weighted by atomic mass is 10.0. The Labute approximate surface area is 205 Å². The molecule has 5 aromatic rings. The van der Waals surface area contributed by atoms with Crippen LogP contribution in [-0.2, 0) is 6.54 Å². The molecular weight excluding hydrogens is 434 g/mol. The molecule has 0 amide bonds. The van der Waals surface area contributed by atoms with E-state index in [1.807, 2.05) is 36.4 Å². The number of para-hydroxylation sites is 1. The Morgan fingerprint density at radius 3 is 2.11 bits per heavy atom. The Morgan fingerprint density at radius 2 is 1.40 bits per heavy atom. The van der Waals surface area contributed by atoms with Crippen molar-refractivity contribution in [2.75, 3.05) is 18.0 Å². The maximum Gasteiger partial charge on any atom is 0.197 e. The van der Waals surface area contributed by atoms with Gasteiger partial charge in [0.2, 0.25) is 0 Å². The number of hydrogen-bond acceptors (Lipinski definition) is 3. The number of aromatic nitrogens is 2. The number of aryl methyl sites for hydroxylation is 1. The van der Waals surface area contributed by atoms with Crippen molar-refractivity contribution >= 4 is 49.3 Å². The lowest BCUT2D eigenvalue weighted by Gasteiger charge is -2.25. The normalized spacial score (nSPS) is 11.7. The minimum absolute atomic E-state index is 0.00992. The highest BCUT2D eigenvalue weighted by molar-refractivity contribution is 6.03. The van der Waals surface area contributed by atoms with Gasteiger partial charge in [0.05, 0.1) is 16.6 Å². The average Bonchev–Trinajstić information content (AvgIpc) is 2.89. The van der Waals surface area contributed by atoms with Gasteiger partial charge in [-0.15, -0.1) is 0 Å². The first-order chi connectivity index (χ1) is 17.1. The van der Waals surface area contributed by atoms with E-state index < -0.39 is 0 Å². The molecule has 0 unspecified atom stereocenters. The fraction of sp³-hybridized carbons (Fsp3) is 0.333. The summed E-state index contributed by atoms with van der Waals surface area (Å²) in [5.74, 6) is 0. The maximum absolute atomic E-state index is 13.8. The van der Waals surface area contributed by atoms with Crippen molar-refractivity contribution in [2.45, 2.75) is 53.0 Å². The zero-order valence-electron chi connectivity index (χ0n) is 20.9. The highest BCUT2D eigenvalue weighted by Crippen LogP contribution is 2.27. The van der Waals surface area contributed by atoms with Crippen LogP contribution in [0.3, 0.4) is 0 Å². The first kappa shape index (κ1) is 23.2. The number of nitrogens with zero attached hydrogens (tertiary/aromatic N) is 2. The van der Waals surface area contributed by atoms with E-state index in [0.29, 0.717) is 28.2 Å². The SMILES string of the molecule is CCCCN(CCCC)c1ccc2c(c1)c(=O)c1cc3[nH]c4ccccc4c(=O)c3cc1n2CC. The monoisotopic (exact) mass is 467 g/mol. The summed E-state index contributed by atoms with van der Waals surface area (Å²) in [6, 6.07) is 17.6. The van der Waals surface area contributed by atoms with Gasteiger partial charge in [0, 0.05) is 52.4 Å². The quantitative estimate of drug-likeness (QED) is 0.262. The van der Waals surface area contributed by atoms with Crippen molar-refractivity contribution in [2.24, 2.45) is 0 Å². The van der Waals surface area contributed by atoms with E-state index in [-0.39, 0.29) is 10.9 Å². The molecule has 0 aliphatic carbocycles. The summed E-state index contributed by atoms with van der Waals surface area (Å²) in [7, 11) is 0. The lowest BCUT2D eigenvalue weighted by Crippen LogP contribution is -2.25. The van der Waals surface area contributed by atoms with Crippen molar-refractivity contribution in [3.63, 3.8) is 0 Å². The second-order valence-electron chi connectivity index (χ2n) is 9.38. The molecule has 0 saturated heterocycles. The van der Waals surface area contributed by atoms with Crippen molar-refractivity contribution in [1.82, 2.24) is 9.55 Å². The molecule has 0 bridgehead atoms. The van der Waals surface area contributed by atoms with Crippen LogP contribution in [-0.4, -0.2) is 22.6 Å². The second kappa shape index (κ2) is 9.57. The van der Waals surface area contributed by atoms with Gasteiger partial charge in [0.25, 0.3) is 0 Å². The zero-order valence-corrected chi connectivity index (χ0v) is 20.9. The van der Waals surface area contributed by atoms with E-state index in [4.69, 9.17) is 0 Å². The molecule has 3 aromatic carbocycles. The van der Waals surface area contributed by atoms with Gasteiger partial charge in [-0.25, -0.2) is 0 Å². The standard InChI is InChI=1S/C30H33N3O2/c1-4-7-15-32(16-8-5-2)20-13-14-27-23(17-20)30(35)24-18-26-22(19-28(24)33(27)6-3)29(34)21-11-9-10-12-25(21)31-26/h9-14,17-19H,4-8,15-16H2,1-3H3,(H,31,34). The third-order valence-corrected chi connectivity index (χ3v) is 7.12. The number of anilines is 1. The van der Waals surface area contributed by atoms with Gasteiger partial charge in [-0.05, 0) is 62.2 Å². The van der Waals surface area contributed by atoms with Gasteiger partial charge in [0.15, 0.2) is 10.9 Å². The fourth-order valence-electron chi connectivity index (χ4n) is 5.19.